The van der Waals surface area contributed by atoms with Crippen LogP contribution in [0.4, 0.5) is 0 Å². The van der Waals surface area contributed by atoms with Gasteiger partial charge in [-0.3, -0.25) is 4.99 Å². The van der Waals surface area contributed by atoms with E-state index in [0.29, 0.717) is 11.3 Å². The Labute approximate surface area is 112 Å². The number of halogens is 1. The largest absolute Gasteiger partial charge is 0.349 e. The van der Waals surface area contributed by atoms with Crippen LogP contribution in [0.25, 0.3) is 0 Å². The molecule has 1 atom stereocenters. The van der Waals surface area contributed by atoms with Gasteiger partial charge in [0.25, 0.3) is 0 Å². The average molecular weight is 307 g/mol. The smallest absolute Gasteiger partial charge is 0.159 e. The van der Waals surface area contributed by atoms with E-state index < -0.39 is 0 Å². The molecule has 0 aromatic carbocycles. The lowest BCUT2D eigenvalue weighted by atomic mass is 10.2. The molecule has 4 heteroatoms. The molecule has 16 heavy (non-hydrogen) atoms. The quantitative estimate of drug-likeness (QED) is 0.548. The van der Waals surface area contributed by atoms with Gasteiger partial charge in [0.15, 0.2) is 5.17 Å². The fourth-order valence-electron chi connectivity index (χ4n) is 1.75. The van der Waals surface area contributed by atoms with Crippen molar-refractivity contribution >= 4 is 32.9 Å². The lowest BCUT2D eigenvalue weighted by Crippen LogP contribution is -2.35. The van der Waals surface area contributed by atoms with Crippen molar-refractivity contribution in [3.8, 4) is 0 Å². The van der Waals surface area contributed by atoms with Crippen molar-refractivity contribution in [1.82, 2.24) is 4.90 Å². The topological polar surface area (TPSA) is 15.6 Å². The van der Waals surface area contributed by atoms with Crippen LogP contribution in [0.1, 0.15) is 40.0 Å². The lowest BCUT2D eigenvalue weighted by Gasteiger charge is -2.28. The number of aliphatic imine (C=N–C) groups is 1. The van der Waals surface area contributed by atoms with E-state index in [4.69, 9.17) is 0 Å². The van der Waals surface area contributed by atoms with Crippen LogP contribution in [-0.4, -0.2) is 39.8 Å². The van der Waals surface area contributed by atoms with Crippen LogP contribution in [0.5, 0.6) is 0 Å². The van der Waals surface area contributed by atoms with Crippen LogP contribution in [0.3, 0.4) is 0 Å². The monoisotopic (exact) mass is 306 g/mol. The number of amidine groups is 1. The number of rotatable bonds is 6. The molecule has 1 heterocycles. The molecule has 0 amide bonds. The standard InChI is InChI=1S/C12H23BrN2S/c1-4-5-6-7-15(10(2)3)12-14-9-11(8-13)16-12/h10-11H,4-9H2,1-3H3. The minimum atomic E-state index is 0.567. The first-order chi connectivity index (χ1) is 7.69. The number of unbranched alkanes of at least 4 members (excludes halogenated alkanes) is 2. The van der Waals surface area contributed by atoms with Crippen LogP contribution < -0.4 is 0 Å². The molecule has 0 spiro atoms. The van der Waals surface area contributed by atoms with E-state index >= 15 is 0 Å². The van der Waals surface area contributed by atoms with Crippen molar-refractivity contribution in [1.29, 1.82) is 0 Å². The second kappa shape index (κ2) is 7.59. The third-order valence-corrected chi connectivity index (χ3v) is 5.18. The first-order valence-electron chi connectivity index (χ1n) is 6.22. The van der Waals surface area contributed by atoms with Crippen LogP contribution in [-0.2, 0) is 0 Å². The van der Waals surface area contributed by atoms with Crippen LogP contribution >= 0.6 is 27.7 Å². The maximum absolute atomic E-state index is 4.66. The normalized spacial score (nSPS) is 20.3. The van der Waals surface area contributed by atoms with E-state index in [1.54, 1.807) is 0 Å². The molecule has 1 aliphatic heterocycles. The summed E-state index contributed by atoms with van der Waals surface area (Å²) < 4.78 is 0. The molecular formula is C12H23BrN2S. The Balaban J connectivity index is 2.44. The highest BCUT2D eigenvalue weighted by Gasteiger charge is 2.24. The minimum Gasteiger partial charge on any atom is -0.349 e. The average Bonchev–Trinajstić information content (AvgIpc) is 2.72. The highest BCUT2D eigenvalue weighted by molar-refractivity contribution is 9.09. The maximum atomic E-state index is 4.66. The molecule has 0 aliphatic carbocycles. The molecule has 0 aromatic heterocycles. The summed E-state index contributed by atoms with van der Waals surface area (Å²) in [7, 11) is 0. The summed E-state index contributed by atoms with van der Waals surface area (Å²) in [5, 5.41) is 2.95. The molecule has 0 N–H and O–H groups in total. The molecule has 0 aromatic rings. The van der Waals surface area contributed by atoms with Gasteiger partial charge in [0.2, 0.25) is 0 Å². The summed E-state index contributed by atoms with van der Waals surface area (Å²) in [6.45, 7) is 8.91. The zero-order chi connectivity index (χ0) is 12.0. The van der Waals surface area contributed by atoms with Crippen molar-refractivity contribution in [2.24, 2.45) is 4.99 Å². The predicted octanol–water partition coefficient (Wildman–Crippen LogP) is 3.75. The van der Waals surface area contributed by atoms with Gasteiger partial charge in [0.1, 0.15) is 0 Å². The number of alkyl halides is 1. The summed E-state index contributed by atoms with van der Waals surface area (Å²) in [5.41, 5.74) is 0. The fraction of sp³-hybridized carbons (Fsp3) is 0.917. The molecule has 1 rings (SSSR count). The Kier molecular flexibility index (Phi) is 6.81. The van der Waals surface area contributed by atoms with Gasteiger partial charge in [-0.05, 0) is 20.3 Å². The summed E-state index contributed by atoms with van der Waals surface area (Å²) in [6, 6.07) is 0.567. The molecule has 0 radical (unpaired) electrons. The van der Waals surface area contributed by atoms with Gasteiger partial charge in [0, 0.05) is 23.2 Å². The molecule has 1 unspecified atom stereocenters. The van der Waals surface area contributed by atoms with Crippen molar-refractivity contribution in [2.75, 3.05) is 18.4 Å². The zero-order valence-corrected chi connectivity index (χ0v) is 13.0. The molecule has 0 fully saturated rings. The molecule has 0 saturated heterocycles. The summed E-state index contributed by atoms with van der Waals surface area (Å²) >= 11 is 5.48. The predicted molar refractivity (Wildman–Crippen MR) is 78.8 cm³/mol. The van der Waals surface area contributed by atoms with Gasteiger partial charge in [-0.15, -0.1) is 0 Å². The maximum Gasteiger partial charge on any atom is 0.159 e. The van der Waals surface area contributed by atoms with E-state index in [1.807, 2.05) is 11.8 Å². The van der Waals surface area contributed by atoms with Crippen molar-refractivity contribution in [3.05, 3.63) is 0 Å². The third-order valence-electron chi connectivity index (χ3n) is 2.75. The van der Waals surface area contributed by atoms with Crippen molar-refractivity contribution in [3.63, 3.8) is 0 Å². The van der Waals surface area contributed by atoms with Crippen LogP contribution in [0.15, 0.2) is 4.99 Å². The Morgan fingerprint density at radius 2 is 2.25 bits per heavy atom. The van der Waals surface area contributed by atoms with Gasteiger partial charge in [-0.2, -0.15) is 0 Å². The van der Waals surface area contributed by atoms with E-state index in [1.165, 1.54) is 24.4 Å². The second-order valence-electron chi connectivity index (χ2n) is 4.51. The minimum absolute atomic E-state index is 0.567. The molecule has 1 aliphatic rings. The first-order valence-corrected chi connectivity index (χ1v) is 8.22. The molecular weight excluding hydrogens is 284 g/mol. The van der Waals surface area contributed by atoms with E-state index in [2.05, 4.69) is 46.6 Å². The van der Waals surface area contributed by atoms with Crippen LogP contribution in [0.2, 0.25) is 0 Å². The van der Waals surface area contributed by atoms with Crippen LogP contribution in [0, 0.1) is 0 Å². The van der Waals surface area contributed by atoms with E-state index in [9.17, 15) is 0 Å². The Hall–Kier alpha value is 0.300. The number of nitrogens with zero attached hydrogens (tertiary/aromatic N) is 2. The lowest BCUT2D eigenvalue weighted by molar-refractivity contribution is 0.346. The number of hydrogen-bond donors (Lipinski definition) is 0. The number of thioether (sulfide) groups is 1. The van der Waals surface area contributed by atoms with E-state index in [-0.39, 0.29) is 0 Å². The van der Waals surface area contributed by atoms with Gasteiger partial charge < -0.3 is 4.90 Å². The SMILES string of the molecule is CCCCCN(C1=NCC(CBr)S1)C(C)C. The second-order valence-corrected chi connectivity index (χ2v) is 6.43. The third kappa shape index (κ3) is 4.28. The molecule has 2 nitrogen and oxygen atoms in total. The van der Waals surface area contributed by atoms with Gasteiger partial charge in [-0.1, -0.05) is 47.5 Å². The summed E-state index contributed by atoms with van der Waals surface area (Å²) in [5.74, 6) is 0. The highest BCUT2D eigenvalue weighted by Crippen LogP contribution is 2.26. The van der Waals surface area contributed by atoms with Crippen molar-refractivity contribution < 1.29 is 0 Å². The van der Waals surface area contributed by atoms with Crippen molar-refractivity contribution in [2.45, 2.75) is 51.3 Å². The Morgan fingerprint density at radius 1 is 1.50 bits per heavy atom. The zero-order valence-electron chi connectivity index (χ0n) is 10.6. The van der Waals surface area contributed by atoms with E-state index in [0.717, 1.165) is 18.4 Å². The van der Waals surface area contributed by atoms with Gasteiger partial charge in [-0.25, -0.2) is 0 Å². The molecule has 94 valence electrons. The molecule has 0 saturated carbocycles. The highest BCUT2D eigenvalue weighted by atomic mass is 79.9. The van der Waals surface area contributed by atoms with Gasteiger partial charge >= 0.3 is 0 Å². The summed E-state index contributed by atoms with van der Waals surface area (Å²) in [6.07, 6.45) is 3.89. The number of hydrogen-bond acceptors (Lipinski definition) is 3. The Morgan fingerprint density at radius 3 is 2.75 bits per heavy atom. The summed E-state index contributed by atoms with van der Waals surface area (Å²) in [4.78, 5) is 7.13. The first kappa shape index (κ1) is 14.4. The molecule has 0 bridgehead atoms. The Bertz CT molecular complexity index is 231. The van der Waals surface area contributed by atoms with Gasteiger partial charge in [0.05, 0.1) is 6.54 Å². The fourth-order valence-corrected chi connectivity index (χ4v) is 3.45.